The minimum absolute atomic E-state index is 0.441. The molecule has 0 heteroatoms. The average molecular weight is 196 g/mol. The molecule has 0 saturated heterocycles. The second kappa shape index (κ2) is 3.25. The van der Waals surface area contributed by atoms with Gasteiger partial charge in [0.1, 0.15) is 0 Å². The van der Waals surface area contributed by atoms with Gasteiger partial charge in [0.2, 0.25) is 0 Å². The third-order valence-corrected chi connectivity index (χ3v) is 5.30. The van der Waals surface area contributed by atoms with Crippen LogP contribution in [0.15, 0.2) is 0 Å². The summed E-state index contributed by atoms with van der Waals surface area (Å²) in [7, 11) is 0. The van der Waals surface area contributed by atoms with Crippen LogP contribution in [-0.4, -0.2) is 0 Å². The first-order valence-electron chi connectivity index (χ1n) is 6.11. The predicted molar refractivity (Wildman–Crippen MR) is 64.4 cm³/mol. The van der Waals surface area contributed by atoms with Gasteiger partial charge in [-0.3, -0.25) is 0 Å². The van der Waals surface area contributed by atoms with Crippen LogP contribution in [0.25, 0.3) is 0 Å². The maximum Gasteiger partial charge on any atom is -0.0244 e. The van der Waals surface area contributed by atoms with Gasteiger partial charge < -0.3 is 0 Å². The molecular weight excluding hydrogens is 168 g/mol. The van der Waals surface area contributed by atoms with E-state index in [9.17, 15) is 0 Å². The Hall–Kier alpha value is 0. The molecule has 0 radical (unpaired) electrons. The van der Waals surface area contributed by atoms with Crippen LogP contribution in [0.1, 0.15) is 67.7 Å². The van der Waals surface area contributed by atoms with E-state index in [1.165, 1.54) is 19.3 Å². The normalized spacial score (nSPS) is 34.5. The van der Waals surface area contributed by atoms with Crippen molar-refractivity contribution in [1.82, 2.24) is 0 Å². The van der Waals surface area contributed by atoms with Gasteiger partial charge in [0, 0.05) is 0 Å². The molecule has 2 unspecified atom stereocenters. The molecule has 0 N–H and O–H groups in total. The molecule has 1 rings (SSSR count). The summed E-state index contributed by atoms with van der Waals surface area (Å²) in [4.78, 5) is 0. The van der Waals surface area contributed by atoms with Gasteiger partial charge in [0.05, 0.1) is 0 Å². The Morgan fingerprint density at radius 3 is 1.79 bits per heavy atom. The van der Waals surface area contributed by atoms with E-state index < -0.39 is 0 Å². The lowest BCUT2D eigenvalue weighted by Crippen LogP contribution is -2.41. The first-order chi connectivity index (χ1) is 6.11. The third kappa shape index (κ3) is 1.73. The molecule has 14 heavy (non-hydrogen) atoms. The van der Waals surface area contributed by atoms with Crippen molar-refractivity contribution < 1.29 is 0 Å². The SMILES string of the molecule is CC(C(C)(C)C)C1(C)CCCC1(C)C. The fourth-order valence-electron chi connectivity index (χ4n) is 3.28. The highest BCUT2D eigenvalue weighted by Gasteiger charge is 2.50. The van der Waals surface area contributed by atoms with Gasteiger partial charge in [-0.1, -0.05) is 54.9 Å². The second-order valence-corrected chi connectivity index (χ2v) is 7.24. The summed E-state index contributed by atoms with van der Waals surface area (Å²) < 4.78 is 0. The highest BCUT2D eigenvalue weighted by Crippen LogP contribution is 2.59. The summed E-state index contributed by atoms with van der Waals surface area (Å²) >= 11 is 0. The summed E-state index contributed by atoms with van der Waals surface area (Å²) in [6.45, 7) is 17.0. The smallest absolute Gasteiger partial charge is 0.0244 e. The molecule has 0 nitrogen and oxygen atoms in total. The Bertz CT molecular complexity index is 207. The van der Waals surface area contributed by atoms with Crippen LogP contribution < -0.4 is 0 Å². The third-order valence-electron chi connectivity index (χ3n) is 5.30. The van der Waals surface area contributed by atoms with Gasteiger partial charge in [-0.05, 0) is 35.0 Å². The molecule has 0 heterocycles. The van der Waals surface area contributed by atoms with Crippen molar-refractivity contribution in [2.75, 3.05) is 0 Å². The first kappa shape index (κ1) is 12.1. The number of hydrogen-bond donors (Lipinski definition) is 0. The summed E-state index contributed by atoms with van der Waals surface area (Å²) in [6, 6.07) is 0. The van der Waals surface area contributed by atoms with Gasteiger partial charge in [-0.2, -0.15) is 0 Å². The van der Waals surface area contributed by atoms with E-state index in [-0.39, 0.29) is 0 Å². The summed E-state index contributed by atoms with van der Waals surface area (Å²) in [5.74, 6) is 0.799. The monoisotopic (exact) mass is 196 g/mol. The van der Waals surface area contributed by atoms with Crippen LogP contribution >= 0.6 is 0 Å². The Kier molecular flexibility index (Phi) is 2.80. The molecule has 0 bridgehead atoms. The topological polar surface area (TPSA) is 0 Å². The molecule has 84 valence electrons. The molecule has 1 aliphatic rings. The molecule has 1 aliphatic carbocycles. The fourth-order valence-corrected chi connectivity index (χ4v) is 3.28. The molecule has 1 fully saturated rings. The Labute approximate surface area is 90.5 Å². The number of hydrogen-bond acceptors (Lipinski definition) is 0. The summed E-state index contributed by atoms with van der Waals surface area (Å²) in [5, 5.41) is 0. The van der Waals surface area contributed by atoms with Crippen LogP contribution in [0.5, 0.6) is 0 Å². The minimum Gasteiger partial charge on any atom is -0.0615 e. The molecule has 0 aromatic rings. The van der Waals surface area contributed by atoms with Crippen LogP contribution in [0.2, 0.25) is 0 Å². The Morgan fingerprint density at radius 1 is 1.00 bits per heavy atom. The maximum atomic E-state index is 2.51. The van der Waals surface area contributed by atoms with Crippen molar-refractivity contribution in [3.63, 3.8) is 0 Å². The number of rotatable bonds is 1. The molecule has 1 saturated carbocycles. The molecule has 0 amide bonds. The zero-order chi connectivity index (χ0) is 11.2. The molecule has 0 aromatic carbocycles. The lowest BCUT2D eigenvalue weighted by Gasteiger charge is -2.49. The van der Waals surface area contributed by atoms with Crippen molar-refractivity contribution in [3.05, 3.63) is 0 Å². The summed E-state index contributed by atoms with van der Waals surface area (Å²) in [6.07, 6.45) is 4.24. The fraction of sp³-hybridized carbons (Fsp3) is 1.00. The lowest BCUT2D eigenvalue weighted by atomic mass is 9.56. The van der Waals surface area contributed by atoms with E-state index in [4.69, 9.17) is 0 Å². The molecule has 0 aromatic heterocycles. The highest BCUT2D eigenvalue weighted by molar-refractivity contribution is 5.00. The van der Waals surface area contributed by atoms with E-state index in [1.54, 1.807) is 0 Å². The van der Waals surface area contributed by atoms with E-state index in [2.05, 4.69) is 48.5 Å². The van der Waals surface area contributed by atoms with Gasteiger partial charge in [-0.15, -0.1) is 0 Å². The standard InChI is InChI=1S/C14H28/c1-11(12(2,3)4)14(7)10-8-9-13(14,5)6/h11H,8-10H2,1-7H3. The zero-order valence-corrected chi connectivity index (χ0v) is 11.2. The van der Waals surface area contributed by atoms with Crippen molar-refractivity contribution >= 4 is 0 Å². The Balaban J connectivity index is 2.95. The molecule has 0 aliphatic heterocycles. The van der Waals surface area contributed by atoms with Crippen molar-refractivity contribution in [2.24, 2.45) is 22.2 Å². The largest absolute Gasteiger partial charge is 0.0615 e. The second-order valence-electron chi connectivity index (χ2n) is 7.24. The summed E-state index contributed by atoms with van der Waals surface area (Å²) in [5.41, 5.74) is 1.50. The van der Waals surface area contributed by atoms with Crippen LogP contribution in [0.3, 0.4) is 0 Å². The van der Waals surface area contributed by atoms with Gasteiger partial charge in [-0.25, -0.2) is 0 Å². The predicted octanol–water partition coefficient (Wildman–Crippen LogP) is 4.89. The van der Waals surface area contributed by atoms with Crippen molar-refractivity contribution in [1.29, 1.82) is 0 Å². The molecular formula is C14H28. The quantitative estimate of drug-likeness (QED) is 0.560. The first-order valence-corrected chi connectivity index (χ1v) is 6.11. The highest BCUT2D eigenvalue weighted by atomic mass is 14.6. The molecule has 0 spiro atoms. The van der Waals surface area contributed by atoms with Crippen molar-refractivity contribution in [3.8, 4) is 0 Å². The van der Waals surface area contributed by atoms with E-state index >= 15 is 0 Å². The van der Waals surface area contributed by atoms with Gasteiger partial charge in [0.25, 0.3) is 0 Å². The van der Waals surface area contributed by atoms with E-state index in [1.807, 2.05) is 0 Å². The average Bonchev–Trinajstić information content (AvgIpc) is 2.24. The van der Waals surface area contributed by atoms with Crippen molar-refractivity contribution in [2.45, 2.75) is 67.7 Å². The minimum atomic E-state index is 0.441. The maximum absolute atomic E-state index is 2.51. The lowest BCUT2D eigenvalue weighted by molar-refractivity contribution is 0.00223. The van der Waals surface area contributed by atoms with Gasteiger partial charge in [0.15, 0.2) is 0 Å². The Morgan fingerprint density at radius 2 is 1.50 bits per heavy atom. The van der Waals surface area contributed by atoms with Crippen LogP contribution in [0, 0.1) is 22.2 Å². The van der Waals surface area contributed by atoms with Crippen LogP contribution in [0.4, 0.5) is 0 Å². The molecule has 2 atom stereocenters. The van der Waals surface area contributed by atoms with E-state index in [0.29, 0.717) is 16.2 Å². The van der Waals surface area contributed by atoms with E-state index in [0.717, 1.165) is 5.92 Å². The van der Waals surface area contributed by atoms with Crippen LogP contribution in [-0.2, 0) is 0 Å². The van der Waals surface area contributed by atoms with Gasteiger partial charge >= 0.3 is 0 Å². The zero-order valence-electron chi connectivity index (χ0n) is 11.2.